The number of hydrogen-bond donors (Lipinski definition) is 6. The summed E-state index contributed by atoms with van der Waals surface area (Å²) in [6.45, 7) is 1.15. The smallest absolute Gasteiger partial charge is 0.255 e. The second-order valence-corrected chi connectivity index (χ2v) is 11.2. The van der Waals surface area contributed by atoms with Crippen molar-refractivity contribution in [3.8, 4) is 22.9 Å². The number of nitrogens with two attached hydrogens (primary N) is 1. The van der Waals surface area contributed by atoms with E-state index in [9.17, 15) is 34.8 Å². The SMILES string of the molecule is CN(C)C1C(O)=C(C(N)=O)C(=O)[C@]2(O)C(O)=C3C(=O)c4c(O)ccc(-c5ccc(CNCCC#N)cc5)c4C[C@@H]3C[C@H]12. The number of nitrogens with one attached hydrogen (secondary N) is 1. The largest absolute Gasteiger partial charge is 0.510 e. The van der Waals surface area contributed by atoms with E-state index in [1.165, 1.54) is 11.0 Å². The van der Waals surface area contributed by atoms with Crippen LogP contribution in [0, 0.1) is 23.2 Å². The molecule has 42 heavy (non-hydrogen) atoms. The molecule has 4 atom stereocenters. The predicted octanol–water partition coefficient (Wildman–Crippen LogP) is 1.79. The highest BCUT2D eigenvalue weighted by Crippen LogP contribution is 2.53. The van der Waals surface area contributed by atoms with Gasteiger partial charge in [0, 0.05) is 31.0 Å². The molecule has 0 saturated heterocycles. The van der Waals surface area contributed by atoms with E-state index in [4.69, 9.17) is 11.0 Å². The Labute approximate surface area is 242 Å². The van der Waals surface area contributed by atoms with Crippen LogP contribution in [-0.4, -0.2) is 75.1 Å². The second kappa shape index (κ2) is 10.7. The number of nitriles is 1. The highest BCUT2D eigenvalue weighted by atomic mass is 16.3. The molecular weight excluding hydrogens is 540 g/mol. The Morgan fingerprint density at radius 3 is 2.45 bits per heavy atom. The highest BCUT2D eigenvalue weighted by molar-refractivity contribution is 6.24. The van der Waals surface area contributed by atoms with E-state index < -0.39 is 58.0 Å². The van der Waals surface area contributed by atoms with Crippen molar-refractivity contribution in [2.75, 3.05) is 20.6 Å². The van der Waals surface area contributed by atoms with E-state index >= 15 is 0 Å². The van der Waals surface area contributed by atoms with Crippen LogP contribution in [0.15, 0.2) is 59.1 Å². The number of aromatic hydroxyl groups is 1. The van der Waals surface area contributed by atoms with Gasteiger partial charge in [-0.3, -0.25) is 19.3 Å². The summed E-state index contributed by atoms with van der Waals surface area (Å²) in [5.41, 5.74) is 4.72. The molecule has 1 amide bonds. The van der Waals surface area contributed by atoms with E-state index in [1.807, 2.05) is 24.3 Å². The number of Topliss-reactive ketones (excluding diaryl/α,β-unsaturated/α-hetero) is 2. The van der Waals surface area contributed by atoms with Crippen LogP contribution in [0.1, 0.15) is 34.3 Å². The second-order valence-electron chi connectivity index (χ2n) is 11.2. The Bertz CT molecular complexity index is 1600. The van der Waals surface area contributed by atoms with Crippen LogP contribution in [0.2, 0.25) is 0 Å². The molecule has 2 aromatic carbocycles. The number of likely N-dealkylation sites (N-methyl/N-ethyl adjacent to an activating group) is 1. The maximum Gasteiger partial charge on any atom is 0.255 e. The minimum Gasteiger partial charge on any atom is -0.510 e. The fraction of sp³-hybridized carbons (Fsp3) is 0.355. The molecule has 1 unspecified atom stereocenters. The quantitative estimate of drug-likeness (QED) is 0.210. The maximum atomic E-state index is 13.9. The summed E-state index contributed by atoms with van der Waals surface area (Å²) in [6.07, 6.45) is 0.632. The van der Waals surface area contributed by atoms with Gasteiger partial charge in [-0.1, -0.05) is 30.3 Å². The van der Waals surface area contributed by atoms with Crippen molar-refractivity contribution in [3.63, 3.8) is 0 Å². The molecule has 3 aliphatic rings. The Hall–Kier alpha value is -4.50. The number of carbonyl (C=O) groups is 3. The molecule has 218 valence electrons. The number of aliphatic hydroxyl groups excluding tert-OH is 2. The first-order valence-corrected chi connectivity index (χ1v) is 13.6. The van der Waals surface area contributed by atoms with Gasteiger partial charge in [0.1, 0.15) is 22.8 Å². The van der Waals surface area contributed by atoms with Crippen LogP contribution < -0.4 is 11.1 Å². The number of nitrogens with zero attached hydrogens (tertiary/aromatic N) is 2. The summed E-state index contributed by atoms with van der Waals surface area (Å²) >= 11 is 0. The molecule has 0 fully saturated rings. The molecule has 0 spiro atoms. The fourth-order valence-corrected chi connectivity index (χ4v) is 6.70. The van der Waals surface area contributed by atoms with Gasteiger partial charge < -0.3 is 31.5 Å². The molecule has 0 aromatic heterocycles. The van der Waals surface area contributed by atoms with Gasteiger partial charge in [0.25, 0.3) is 5.91 Å². The topological polar surface area (TPSA) is 197 Å². The lowest BCUT2D eigenvalue weighted by atomic mass is 9.58. The van der Waals surface area contributed by atoms with Gasteiger partial charge in [-0.25, -0.2) is 0 Å². The molecule has 0 radical (unpaired) electrons. The third-order valence-corrected chi connectivity index (χ3v) is 8.61. The summed E-state index contributed by atoms with van der Waals surface area (Å²) in [4.78, 5) is 41.0. The van der Waals surface area contributed by atoms with Crippen LogP contribution in [-0.2, 0) is 22.6 Å². The average molecular weight is 573 g/mol. The summed E-state index contributed by atoms with van der Waals surface area (Å²) < 4.78 is 0. The van der Waals surface area contributed by atoms with E-state index in [1.54, 1.807) is 20.2 Å². The number of allylic oxidation sites excluding steroid dienone is 1. The predicted molar refractivity (Wildman–Crippen MR) is 151 cm³/mol. The van der Waals surface area contributed by atoms with Crippen molar-refractivity contribution < 1.29 is 34.8 Å². The van der Waals surface area contributed by atoms with Crippen LogP contribution in [0.4, 0.5) is 0 Å². The first kappa shape index (κ1) is 29.0. The van der Waals surface area contributed by atoms with E-state index in [0.29, 0.717) is 30.6 Å². The Morgan fingerprint density at radius 1 is 1.14 bits per heavy atom. The van der Waals surface area contributed by atoms with Gasteiger partial charge in [-0.15, -0.1) is 0 Å². The van der Waals surface area contributed by atoms with E-state index in [0.717, 1.165) is 11.1 Å². The van der Waals surface area contributed by atoms with Gasteiger partial charge >= 0.3 is 0 Å². The molecular formula is C31H32N4O7. The van der Waals surface area contributed by atoms with E-state index in [-0.39, 0.29) is 29.7 Å². The number of amides is 1. The van der Waals surface area contributed by atoms with Crippen LogP contribution in [0.3, 0.4) is 0 Å². The Balaban J connectivity index is 1.58. The number of primary amides is 1. The third-order valence-electron chi connectivity index (χ3n) is 8.61. The van der Waals surface area contributed by atoms with E-state index in [2.05, 4.69) is 11.4 Å². The van der Waals surface area contributed by atoms with Crippen LogP contribution >= 0.6 is 0 Å². The fourth-order valence-electron chi connectivity index (χ4n) is 6.70. The summed E-state index contributed by atoms with van der Waals surface area (Å²) in [7, 11) is 3.18. The summed E-state index contributed by atoms with van der Waals surface area (Å²) in [5, 5.41) is 56.7. The van der Waals surface area contributed by atoms with Crippen molar-refractivity contribution in [1.29, 1.82) is 5.26 Å². The minimum absolute atomic E-state index is 0.0220. The van der Waals surface area contributed by atoms with Crippen LogP contribution in [0.5, 0.6) is 5.75 Å². The van der Waals surface area contributed by atoms with Gasteiger partial charge in [0.05, 0.1) is 17.7 Å². The first-order chi connectivity index (χ1) is 19.9. The minimum atomic E-state index is -2.67. The number of rotatable bonds is 7. The molecule has 2 aromatic rings. The van der Waals surface area contributed by atoms with Gasteiger partial charge in [-0.05, 0) is 61.2 Å². The first-order valence-electron chi connectivity index (χ1n) is 13.6. The van der Waals surface area contributed by atoms with Crippen LogP contribution in [0.25, 0.3) is 11.1 Å². The molecule has 11 nitrogen and oxygen atoms in total. The van der Waals surface area contributed by atoms with Crippen molar-refractivity contribution in [2.45, 2.75) is 37.5 Å². The normalized spacial score (nSPS) is 25.2. The molecule has 11 heteroatoms. The summed E-state index contributed by atoms with van der Waals surface area (Å²) in [5.74, 6) is -6.79. The lowest BCUT2D eigenvalue weighted by molar-refractivity contribution is -0.148. The molecule has 0 bridgehead atoms. The number of phenolic OH excluding ortho intramolecular Hbond substituents is 1. The van der Waals surface area contributed by atoms with Crippen molar-refractivity contribution in [3.05, 3.63) is 75.8 Å². The zero-order chi connectivity index (χ0) is 30.5. The molecule has 0 heterocycles. The molecule has 0 saturated carbocycles. The molecule has 3 aliphatic carbocycles. The number of carbonyl (C=O) groups excluding carboxylic acids is 3. The number of benzene rings is 2. The Kier molecular flexibility index (Phi) is 7.41. The zero-order valence-electron chi connectivity index (χ0n) is 23.2. The molecule has 7 N–H and O–H groups in total. The average Bonchev–Trinajstić information content (AvgIpc) is 2.93. The maximum absolute atomic E-state index is 13.9. The number of phenols is 1. The molecule has 5 rings (SSSR count). The highest BCUT2D eigenvalue weighted by Gasteiger charge is 2.63. The van der Waals surface area contributed by atoms with Crippen molar-refractivity contribution in [1.82, 2.24) is 10.2 Å². The number of fused-ring (bicyclic) bond motifs is 3. The lowest BCUT2D eigenvalue weighted by Gasteiger charge is -2.50. The van der Waals surface area contributed by atoms with Gasteiger partial charge in [-0.2, -0.15) is 5.26 Å². The number of aliphatic hydroxyl groups is 3. The number of ketones is 2. The van der Waals surface area contributed by atoms with Gasteiger partial charge in [0.15, 0.2) is 11.4 Å². The van der Waals surface area contributed by atoms with Gasteiger partial charge in [0.2, 0.25) is 5.78 Å². The standard InChI is InChI=1S/C31H32N4O7/c1-35(2)25-20-13-17-12-19-18(16-6-4-15(5-7-16)14-34-11-3-10-32)8-9-21(36)23(19)26(37)22(17)28(39)31(20,42)29(40)24(27(25)38)30(33)41/h4-9,17,20,25,34,36,38-39,42H,3,11-14H2,1-2H3,(H2,33,41)/t17-,20-,25?,31-/m1/s1. The third kappa shape index (κ3) is 4.36. The Morgan fingerprint density at radius 2 is 1.83 bits per heavy atom. The van der Waals surface area contributed by atoms with Crippen molar-refractivity contribution >= 4 is 17.5 Å². The lowest BCUT2D eigenvalue weighted by Crippen LogP contribution is -2.63. The summed E-state index contributed by atoms with van der Waals surface area (Å²) in [6, 6.07) is 11.8. The zero-order valence-corrected chi connectivity index (χ0v) is 23.2. The van der Waals surface area contributed by atoms with Crippen molar-refractivity contribution in [2.24, 2.45) is 17.6 Å². The monoisotopic (exact) mass is 572 g/mol. The molecule has 0 aliphatic heterocycles. The number of hydrogen-bond acceptors (Lipinski definition) is 10.